The Morgan fingerprint density at radius 2 is 1.88 bits per heavy atom. The van der Waals surface area contributed by atoms with Crippen molar-refractivity contribution < 1.29 is 22.6 Å². The maximum absolute atomic E-state index is 12.8. The Labute approximate surface area is 144 Å². The van der Waals surface area contributed by atoms with Gasteiger partial charge in [0.05, 0.1) is 16.3 Å². The third kappa shape index (κ3) is 3.28. The lowest BCUT2D eigenvalue weighted by molar-refractivity contribution is -0.137. The van der Waals surface area contributed by atoms with Crippen LogP contribution < -0.4 is 0 Å². The number of methoxy groups -OCH3 is 2. The van der Waals surface area contributed by atoms with Crippen LogP contribution in [0.2, 0.25) is 5.02 Å². The Kier molecular flexibility index (Phi) is 4.58. The zero-order valence-corrected chi connectivity index (χ0v) is 13.7. The second-order valence-electron chi connectivity index (χ2n) is 4.89. The van der Waals surface area contributed by atoms with Crippen molar-refractivity contribution in [3.05, 3.63) is 40.9 Å². The number of nitrogens with zero attached hydrogens (tertiary/aromatic N) is 5. The zero-order valence-electron chi connectivity index (χ0n) is 13.0. The highest BCUT2D eigenvalue weighted by Gasteiger charge is 2.32. The van der Waals surface area contributed by atoms with Gasteiger partial charge in [-0.15, -0.1) is 0 Å². The molecule has 0 radical (unpaired) electrons. The fourth-order valence-electron chi connectivity index (χ4n) is 2.24. The molecule has 132 valence electrons. The Hall–Kier alpha value is -2.30. The molecular formula is C14H11ClF3N5O2. The highest BCUT2D eigenvalue weighted by Crippen LogP contribution is 2.34. The average molecular weight is 374 g/mol. The van der Waals surface area contributed by atoms with E-state index < -0.39 is 18.0 Å². The van der Waals surface area contributed by atoms with E-state index >= 15 is 0 Å². The molecule has 0 unspecified atom stereocenters. The number of alkyl halides is 3. The summed E-state index contributed by atoms with van der Waals surface area (Å²) in [5.41, 5.74) is -0.203. The molecule has 3 heterocycles. The van der Waals surface area contributed by atoms with Crippen LogP contribution in [0.3, 0.4) is 0 Å². The second kappa shape index (κ2) is 6.54. The number of hydrogen-bond acceptors (Lipinski definition) is 6. The number of hydrogen-bond donors (Lipinski definition) is 0. The first-order chi connectivity index (χ1) is 11.8. The smallest absolute Gasteiger partial charge is 0.350 e. The maximum atomic E-state index is 12.8. The van der Waals surface area contributed by atoms with Crippen molar-refractivity contribution in [2.45, 2.75) is 12.5 Å². The van der Waals surface area contributed by atoms with E-state index in [2.05, 4.69) is 20.1 Å². The molecule has 0 bridgehead atoms. The van der Waals surface area contributed by atoms with Crippen LogP contribution in [0.5, 0.6) is 0 Å². The van der Waals surface area contributed by atoms with Crippen LogP contribution in [-0.2, 0) is 15.7 Å². The molecule has 3 aromatic rings. The highest BCUT2D eigenvalue weighted by molar-refractivity contribution is 6.33. The van der Waals surface area contributed by atoms with E-state index in [9.17, 15) is 13.2 Å². The van der Waals surface area contributed by atoms with Gasteiger partial charge in [-0.05, 0) is 12.1 Å². The fourth-order valence-corrected chi connectivity index (χ4v) is 2.50. The minimum atomic E-state index is -4.54. The van der Waals surface area contributed by atoms with Crippen LogP contribution in [0.25, 0.3) is 17.2 Å². The average Bonchev–Trinajstić information content (AvgIpc) is 3.03. The summed E-state index contributed by atoms with van der Waals surface area (Å²) in [5.74, 6) is 0.198. The molecule has 0 saturated carbocycles. The maximum Gasteiger partial charge on any atom is 0.417 e. The largest absolute Gasteiger partial charge is 0.417 e. The quantitative estimate of drug-likeness (QED) is 0.654. The van der Waals surface area contributed by atoms with Crippen LogP contribution in [0.4, 0.5) is 13.2 Å². The molecule has 0 aliphatic heterocycles. The molecule has 0 aromatic carbocycles. The van der Waals surface area contributed by atoms with Crippen molar-refractivity contribution in [3.8, 4) is 11.4 Å². The van der Waals surface area contributed by atoms with Crippen molar-refractivity contribution >= 4 is 17.4 Å². The Bertz CT molecular complexity index is 911. The standard InChI is InChI=1S/C14H11ClF3N5O2/c1-24-12(25-2)9-4-10(23-13(22-9)20-6-21-23)11-8(15)3-7(5-19-11)14(16,17)18/h3-6,12H,1-2H3. The number of halogens is 4. The Balaban J connectivity index is 2.19. The normalized spacial score (nSPS) is 12.3. The molecule has 0 N–H and O–H groups in total. The van der Waals surface area contributed by atoms with Crippen LogP contribution in [-0.4, -0.2) is 38.8 Å². The summed E-state index contributed by atoms with van der Waals surface area (Å²) in [7, 11) is 2.85. The lowest BCUT2D eigenvalue weighted by atomic mass is 10.2. The van der Waals surface area contributed by atoms with Gasteiger partial charge in [0.25, 0.3) is 5.78 Å². The molecule has 0 saturated heterocycles. The fraction of sp³-hybridized carbons (Fsp3) is 0.286. The molecule has 7 nitrogen and oxygen atoms in total. The molecule has 11 heteroatoms. The van der Waals surface area contributed by atoms with Gasteiger partial charge in [-0.3, -0.25) is 4.98 Å². The summed E-state index contributed by atoms with van der Waals surface area (Å²) in [5, 5.41) is 3.81. The topological polar surface area (TPSA) is 74.4 Å². The number of ether oxygens (including phenoxy) is 2. The van der Waals surface area contributed by atoms with Crippen LogP contribution in [0.1, 0.15) is 17.5 Å². The summed E-state index contributed by atoms with van der Waals surface area (Å²) in [6.07, 6.45) is -3.39. The predicted molar refractivity (Wildman–Crippen MR) is 80.8 cm³/mol. The summed E-state index contributed by atoms with van der Waals surface area (Å²) >= 11 is 6.03. The van der Waals surface area contributed by atoms with Gasteiger partial charge in [-0.2, -0.15) is 27.8 Å². The SMILES string of the molecule is COC(OC)c1cc(-c2ncc(C(F)(F)F)cc2Cl)n2ncnc2n1. The van der Waals surface area contributed by atoms with E-state index in [1.807, 2.05) is 0 Å². The zero-order chi connectivity index (χ0) is 18.2. The minimum Gasteiger partial charge on any atom is -0.350 e. The molecular weight excluding hydrogens is 363 g/mol. The Morgan fingerprint density at radius 3 is 2.48 bits per heavy atom. The first-order valence-corrected chi connectivity index (χ1v) is 7.22. The molecule has 0 fully saturated rings. The monoisotopic (exact) mass is 373 g/mol. The van der Waals surface area contributed by atoms with Gasteiger partial charge in [-0.25, -0.2) is 4.98 Å². The van der Waals surface area contributed by atoms with Crippen LogP contribution in [0.15, 0.2) is 24.7 Å². The van der Waals surface area contributed by atoms with Gasteiger partial charge in [0, 0.05) is 20.4 Å². The van der Waals surface area contributed by atoms with Crippen molar-refractivity contribution in [1.82, 2.24) is 24.6 Å². The molecule has 3 rings (SSSR count). The number of rotatable bonds is 4. The van der Waals surface area contributed by atoms with Crippen LogP contribution in [0, 0.1) is 0 Å². The van der Waals surface area contributed by atoms with Crippen molar-refractivity contribution in [2.75, 3.05) is 14.2 Å². The first-order valence-electron chi connectivity index (χ1n) is 6.84. The Morgan fingerprint density at radius 1 is 1.16 bits per heavy atom. The van der Waals surface area contributed by atoms with E-state index in [1.54, 1.807) is 0 Å². The lowest BCUT2D eigenvalue weighted by Crippen LogP contribution is -2.10. The predicted octanol–water partition coefficient (Wildman–Crippen LogP) is 3.15. The molecule has 0 amide bonds. The van der Waals surface area contributed by atoms with Crippen molar-refractivity contribution in [1.29, 1.82) is 0 Å². The molecule has 25 heavy (non-hydrogen) atoms. The van der Waals surface area contributed by atoms with Gasteiger partial charge >= 0.3 is 6.18 Å². The van der Waals surface area contributed by atoms with Gasteiger partial charge < -0.3 is 9.47 Å². The molecule has 0 spiro atoms. The van der Waals surface area contributed by atoms with E-state index in [4.69, 9.17) is 21.1 Å². The summed E-state index contributed by atoms with van der Waals surface area (Å²) in [6.45, 7) is 0. The van der Waals surface area contributed by atoms with E-state index in [-0.39, 0.29) is 16.5 Å². The molecule has 0 atom stereocenters. The number of aromatic nitrogens is 5. The molecule has 0 aliphatic carbocycles. The lowest BCUT2D eigenvalue weighted by Gasteiger charge is -2.15. The summed E-state index contributed by atoms with van der Waals surface area (Å²) in [6, 6.07) is 2.32. The third-order valence-corrected chi connectivity index (χ3v) is 3.64. The number of fused-ring (bicyclic) bond motifs is 1. The van der Waals surface area contributed by atoms with Gasteiger partial charge in [0.15, 0.2) is 0 Å². The van der Waals surface area contributed by atoms with Crippen molar-refractivity contribution in [2.24, 2.45) is 0 Å². The summed E-state index contributed by atoms with van der Waals surface area (Å²) in [4.78, 5) is 12.1. The highest BCUT2D eigenvalue weighted by atomic mass is 35.5. The number of pyridine rings is 1. The van der Waals surface area contributed by atoms with Crippen LogP contribution >= 0.6 is 11.6 Å². The third-order valence-electron chi connectivity index (χ3n) is 3.35. The van der Waals surface area contributed by atoms with Gasteiger partial charge in [0.2, 0.25) is 6.29 Å². The van der Waals surface area contributed by atoms with Crippen molar-refractivity contribution in [3.63, 3.8) is 0 Å². The van der Waals surface area contributed by atoms with E-state index in [0.717, 1.165) is 6.07 Å². The minimum absolute atomic E-state index is 0.0970. The van der Waals surface area contributed by atoms with E-state index in [1.165, 1.54) is 31.1 Å². The van der Waals surface area contributed by atoms with E-state index in [0.29, 0.717) is 17.6 Å². The van der Waals surface area contributed by atoms with Gasteiger partial charge in [-0.1, -0.05) is 11.6 Å². The molecule has 0 aliphatic rings. The first kappa shape index (κ1) is 17.5. The summed E-state index contributed by atoms with van der Waals surface area (Å²) < 4.78 is 50.0. The molecule has 3 aromatic heterocycles. The second-order valence-corrected chi connectivity index (χ2v) is 5.30. The van der Waals surface area contributed by atoms with Gasteiger partial charge in [0.1, 0.15) is 17.7 Å².